The Kier molecular flexibility index (Phi) is 4.85. The van der Waals surface area contributed by atoms with E-state index < -0.39 is 0 Å². The summed E-state index contributed by atoms with van der Waals surface area (Å²) in [6.07, 6.45) is 5.34. The van der Waals surface area contributed by atoms with E-state index in [-0.39, 0.29) is 0 Å². The van der Waals surface area contributed by atoms with Crippen LogP contribution in [0, 0.1) is 0 Å². The minimum absolute atomic E-state index is 1.13. The summed E-state index contributed by atoms with van der Waals surface area (Å²) >= 11 is 1.78. The topological polar surface area (TPSA) is 12.0 Å². The van der Waals surface area contributed by atoms with E-state index in [9.17, 15) is 0 Å². The summed E-state index contributed by atoms with van der Waals surface area (Å²) < 4.78 is 0. The van der Waals surface area contributed by atoms with Crippen LogP contribution in [-0.2, 0) is 0 Å². The molecule has 0 aromatic carbocycles. The first-order chi connectivity index (χ1) is 5.93. The molecule has 1 nitrogen and oxygen atoms in total. The molecule has 0 unspecified atom stereocenters. The standard InChI is InChI=1S/C10H17NS/c1-2-3-4-5-8-11-10-7-6-9-12-10/h6-7,9,11H,2-5,8H2,1H3. The SMILES string of the molecule is CCCCCCNc1cccs1. The molecule has 1 rings (SSSR count). The Labute approximate surface area is 78.8 Å². The van der Waals surface area contributed by atoms with Crippen LogP contribution in [0.5, 0.6) is 0 Å². The third-order valence-electron chi connectivity index (χ3n) is 1.85. The molecule has 0 aliphatic heterocycles. The molecule has 0 radical (unpaired) electrons. The molecule has 1 aromatic heterocycles. The van der Waals surface area contributed by atoms with Gasteiger partial charge in [-0.15, -0.1) is 11.3 Å². The summed E-state index contributed by atoms with van der Waals surface area (Å²) in [5, 5.41) is 6.81. The molecule has 1 N–H and O–H groups in total. The van der Waals surface area contributed by atoms with Crippen molar-refractivity contribution < 1.29 is 0 Å². The molecule has 0 aliphatic carbocycles. The number of rotatable bonds is 6. The molecule has 12 heavy (non-hydrogen) atoms. The number of anilines is 1. The van der Waals surface area contributed by atoms with Gasteiger partial charge in [0.1, 0.15) is 0 Å². The molecule has 68 valence electrons. The van der Waals surface area contributed by atoms with Crippen LogP contribution in [0.4, 0.5) is 5.00 Å². The van der Waals surface area contributed by atoms with E-state index in [0.29, 0.717) is 0 Å². The molecular weight excluding hydrogens is 166 g/mol. The van der Waals surface area contributed by atoms with Crippen molar-refractivity contribution in [3.63, 3.8) is 0 Å². The first-order valence-corrected chi connectivity index (χ1v) is 5.59. The van der Waals surface area contributed by atoms with E-state index in [4.69, 9.17) is 0 Å². The highest BCUT2D eigenvalue weighted by molar-refractivity contribution is 7.14. The van der Waals surface area contributed by atoms with Gasteiger partial charge in [-0.1, -0.05) is 26.2 Å². The molecule has 0 atom stereocenters. The van der Waals surface area contributed by atoms with E-state index in [1.165, 1.54) is 30.7 Å². The molecule has 0 fully saturated rings. The van der Waals surface area contributed by atoms with Crippen molar-refractivity contribution in [2.45, 2.75) is 32.6 Å². The second-order valence-corrected chi connectivity index (χ2v) is 3.91. The zero-order valence-electron chi connectivity index (χ0n) is 7.68. The molecule has 2 heteroatoms. The number of hydrogen-bond acceptors (Lipinski definition) is 2. The van der Waals surface area contributed by atoms with Crippen LogP contribution in [0.15, 0.2) is 17.5 Å². The van der Waals surface area contributed by atoms with Crippen molar-refractivity contribution in [1.29, 1.82) is 0 Å². The lowest BCUT2D eigenvalue weighted by Gasteiger charge is -2.01. The van der Waals surface area contributed by atoms with Gasteiger partial charge in [0.15, 0.2) is 0 Å². The van der Waals surface area contributed by atoms with Gasteiger partial charge in [-0.3, -0.25) is 0 Å². The number of hydrogen-bond donors (Lipinski definition) is 1. The van der Waals surface area contributed by atoms with Crippen LogP contribution in [-0.4, -0.2) is 6.54 Å². The number of thiophene rings is 1. The summed E-state index contributed by atoms with van der Waals surface area (Å²) in [4.78, 5) is 0. The molecule has 0 saturated heterocycles. The van der Waals surface area contributed by atoms with Gasteiger partial charge >= 0.3 is 0 Å². The maximum absolute atomic E-state index is 3.40. The summed E-state index contributed by atoms with van der Waals surface area (Å²) in [6, 6.07) is 4.21. The van der Waals surface area contributed by atoms with Crippen molar-refractivity contribution in [2.24, 2.45) is 0 Å². The van der Waals surface area contributed by atoms with Crippen LogP contribution in [0.25, 0.3) is 0 Å². The van der Waals surface area contributed by atoms with E-state index in [2.05, 4.69) is 29.8 Å². The van der Waals surface area contributed by atoms with E-state index in [1.54, 1.807) is 11.3 Å². The smallest absolute Gasteiger partial charge is 0.0882 e. The van der Waals surface area contributed by atoms with Crippen molar-refractivity contribution in [2.75, 3.05) is 11.9 Å². The van der Waals surface area contributed by atoms with Crippen molar-refractivity contribution in [3.8, 4) is 0 Å². The first-order valence-electron chi connectivity index (χ1n) is 4.71. The zero-order valence-corrected chi connectivity index (χ0v) is 8.49. The van der Waals surface area contributed by atoms with Crippen molar-refractivity contribution >= 4 is 16.3 Å². The Balaban J connectivity index is 1.96. The maximum Gasteiger partial charge on any atom is 0.0882 e. The van der Waals surface area contributed by atoms with Gasteiger partial charge in [0, 0.05) is 6.54 Å². The van der Waals surface area contributed by atoms with Crippen molar-refractivity contribution in [3.05, 3.63) is 17.5 Å². The predicted molar refractivity (Wildman–Crippen MR) is 57.0 cm³/mol. The van der Waals surface area contributed by atoms with E-state index in [1.807, 2.05) is 0 Å². The first kappa shape index (κ1) is 9.59. The molecular formula is C10H17NS. The van der Waals surface area contributed by atoms with Gasteiger partial charge in [0.25, 0.3) is 0 Å². The Morgan fingerprint density at radius 1 is 1.33 bits per heavy atom. The van der Waals surface area contributed by atoms with E-state index >= 15 is 0 Å². The third-order valence-corrected chi connectivity index (χ3v) is 2.68. The lowest BCUT2D eigenvalue weighted by molar-refractivity contribution is 0.685. The Morgan fingerprint density at radius 2 is 2.25 bits per heavy atom. The lowest BCUT2D eigenvalue weighted by Crippen LogP contribution is -1.98. The molecule has 1 heterocycles. The second-order valence-electron chi connectivity index (χ2n) is 2.96. The third kappa shape index (κ3) is 3.77. The second kappa shape index (κ2) is 6.06. The molecule has 0 bridgehead atoms. The molecule has 0 saturated carbocycles. The van der Waals surface area contributed by atoms with Gasteiger partial charge in [-0.2, -0.15) is 0 Å². The molecule has 0 spiro atoms. The maximum atomic E-state index is 3.40. The van der Waals surface area contributed by atoms with Crippen LogP contribution in [0.3, 0.4) is 0 Å². The molecule has 1 aromatic rings. The lowest BCUT2D eigenvalue weighted by atomic mass is 10.2. The highest BCUT2D eigenvalue weighted by Gasteiger charge is 1.90. The van der Waals surface area contributed by atoms with Crippen LogP contribution < -0.4 is 5.32 Å². The van der Waals surface area contributed by atoms with Gasteiger partial charge in [0.05, 0.1) is 5.00 Å². The summed E-state index contributed by atoms with van der Waals surface area (Å²) in [5.41, 5.74) is 0. The van der Waals surface area contributed by atoms with Crippen LogP contribution in [0.2, 0.25) is 0 Å². The Morgan fingerprint density at radius 3 is 2.92 bits per heavy atom. The predicted octanol–water partition coefficient (Wildman–Crippen LogP) is 3.74. The fourth-order valence-electron chi connectivity index (χ4n) is 1.14. The highest BCUT2D eigenvalue weighted by atomic mass is 32.1. The zero-order chi connectivity index (χ0) is 8.65. The number of unbranched alkanes of at least 4 members (excludes halogenated alkanes) is 3. The van der Waals surface area contributed by atoms with Gasteiger partial charge in [-0.25, -0.2) is 0 Å². The van der Waals surface area contributed by atoms with Gasteiger partial charge in [-0.05, 0) is 23.9 Å². The van der Waals surface area contributed by atoms with Crippen molar-refractivity contribution in [1.82, 2.24) is 0 Å². The summed E-state index contributed by atoms with van der Waals surface area (Å²) in [6.45, 7) is 3.37. The molecule has 0 amide bonds. The number of nitrogens with one attached hydrogen (secondary N) is 1. The van der Waals surface area contributed by atoms with Crippen LogP contribution >= 0.6 is 11.3 Å². The fourth-order valence-corrected chi connectivity index (χ4v) is 1.79. The van der Waals surface area contributed by atoms with E-state index in [0.717, 1.165) is 6.54 Å². The monoisotopic (exact) mass is 183 g/mol. The highest BCUT2D eigenvalue weighted by Crippen LogP contribution is 2.14. The minimum Gasteiger partial charge on any atom is -0.377 e. The van der Waals surface area contributed by atoms with Crippen LogP contribution in [0.1, 0.15) is 32.6 Å². The normalized spacial score (nSPS) is 10.1. The Bertz CT molecular complexity index is 182. The largest absolute Gasteiger partial charge is 0.377 e. The molecule has 0 aliphatic rings. The average molecular weight is 183 g/mol. The fraction of sp³-hybridized carbons (Fsp3) is 0.600. The summed E-state index contributed by atoms with van der Waals surface area (Å²) in [7, 11) is 0. The van der Waals surface area contributed by atoms with Gasteiger partial charge in [0.2, 0.25) is 0 Å². The quantitative estimate of drug-likeness (QED) is 0.662. The summed E-state index contributed by atoms with van der Waals surface area (Å²) in [5.74, 6) is 0. The van der Waals surface area contributed by atoms with Gasteiger partial charge < -0.3 is 5.32 Å². The average Bonchev–Trinajstić information content (AvgIpc) is 2.57. The minimum atomic E-state index is 1.13. The Hall–Kier alpha value is -0.500.